The van der Waals surface area contributed by atoms with E-state index in [0.717, 1.165) is 54.3 Å². The Bertz CT molecular complexity index is 1250. The van der Waals surface area contributed by atoms with Crippen LogP contribution < -0.4 is 10.1 Å². The molecular weight excluding hydrogens is 440 g/mol. The van der Waals surface area contributed by atoms with E-state index >= 15 is 0 Å². The number of ether oxygens (including phenoxy) is 1. The van der Waals surface area contributed by atoms with Gasteiger partial charge in [-0.25, -0.2) is 15.0 Å². The number of aromatic nitrogens is 3. The van der Waals surface area contributed by atoms with Crippen LogP contribution in [0, 0.1) is 0 Å². The van der Waals surface area contributed by atoms with E-state index in [-0.39, 0.29) is 12.4 Å². The summed E-state index contributed by atoms with van der Waals surface area (Å²) in [6.45, 7) is 1.95. The third-order valence-electron chi connectivity index (χ3n) is 5.61. The lowest BCUT2D eigenvalue weighted by Gasteiger charge is -2.16. The van der Waals surface area contributed by atoms with Crippen LogP contribution in [0.25, 0.3) is 15.8 Å². The van der Waals surface area contributed by atoms with Crippen LogP contribution in [0.4, 0.5) is 0 Å². The first-order valence-electron chi connectivity index (χ1n) is 10.5. The smallest absolute Gasteiger partial charge is 0.133 e. The minimum Gasteiger partial charge on any atom is -0.496 e. The van der Waals surface area contributed by atoms with Crippen molar-refractivity contribution in [3.8, 4) is 5.75 Å². The molecule has 0 spiro atoms. The SMILES string of the molecule is COc1ccc(C2=CCNCC2)cc1Cc1nccc(Cc2ccc3ncsc3c2)n1.Cl. The van der Waals surface area contributed by atoms with E-state index in [2.05, 4.69) is 57.8 Å². The van der Waals surface area contributed by atoms with Crippen LogP contribution >= 0.6 is 23.7 Å². The zero-order valence-electron chi connectivity index (χ0n) is 17.9. The highest BCUT2D eigenvalue weighted by atomic mass is 35.5. The van der Waals surface area contributed by atoms with E-state index in [0.29, 0.717) is 6.42 Å². The molecule has 0 atom stereocenters. The maximum atomic E-state index is 5.63. The Morgan fingerprint density at radius 1 is 1.06 bits per heavy atom. The molecule has 0 saturated heterocycles. The lowest BCUT2D eigenvalue weighted by Crippen LogP contribution is -2.20. The van der Waals surface area contributed by atoms with Gasteiger partial charge in [0.25, 0.3) is 0 Å². The lowest BCUT2D eigenvalue weighted by atomic mass is 9.97. The van der Waals surface area contributed by atoms with Crippen LogP contribution in [-0.4, -0.2) is 35.2 Å². The molecule has 1 aliphatic rings. The van der Waals surface area contributed by atoms with E-state index < -0.39 is 0 Å². The second kappa shape index (κ2) is 10.2. The number of methoxy groups -OCH3 is 1. The van der Waals surface area contributed by atoms with E-state index in [1.165, 1.54) is 21.4 Å². The highest BCUT2D eigenvalue weighted by molar-refractivity contribution is 7.16. The molecule has 0 bridgehead atoms. The van der Waals surface area contributed by atoms with Crippen molar-refractivity contribution in [1.29, 1.82) is 0 Å². The summed E-state index contributed by atoms with van der Waals surface area (Å²) in [4.78, 5) is 13.7. The molecule has 3 heterocycles. The Balaban J connectivity index is 0.00000245. The van der Waals surface area contributed by atoms with Crippen LogP contribution in [0.2, 0.25) is 0 Å². The molecule has 0 fully saturated rings. The molecule has 164 valence electrons. The predicted octanol–water partition coefficient (Wildman–Crippen LogP) is 5.08. The highest BCUT2D eigenvalue weighted by Gasteiger charge is 2.12. The van der Waals surface area contributed by atoms with E-state index in [1.807, 2.05) is 17.8 Å². The first-order chi connectivity index (χ1) is 15.3. The molecule has 32 heavy (non-hydrogen) atoms. The van der Waals surface area contributed by atoms with Gasteiger partial charge < -0.3 is 10.1 Å². The van der Waals surface area contributed by atoms with Crippen LogP contribution in [0.5, 0.6) is 5.75 Å². The summed E-state index contributed by atoms with van der Waals surface area (Å²) in [5.41, 5.74) is 8.94. The number of nitrogens with one attached hydrogen (secondary N) is 1. The average Bonchev–Trinajstić information content (AvgIpc) is 3.28. The summed E-state index contributed by atoms with van der Waals surface area (Å²) < 4.78 is 6.84. The largest absolute Gasteiger partial charge is 0.496 e. The minimum absolute atomic E-state index is 0. The number of nitrogens with zero attached hydrogens (tertiary/aromatic N) is 3. The van der Waals surface area contributed by atoms with Crippen molar-refractivity contribution in [3.63, 3.8) is 0 Å². The number of halogens is 1. The van der Waals surface area contributed by atoms with Crippen molar-refractivity contribution in [2.24, 2.45) is 0 Å². The molecule has 1 aliphatic heterocycles. The van der Waals surface area contributed by atoms with E-state index in [9.17, 15) is 0 Å². The van der Waals surface area contributed by atoms with Gasteiger partial charge >= 0.3 is 0 Å². The number of rotatable bonds is 6. The molecule has 2 aromatic heterocycles. The Hall–Kier alpha value is -2.80. The molecule has 4 aromatic rings. The van der Waals surface area contributed by atoms with Gasteiger partial charge in [-0.2, -0.15) is 0 Å². The molecule has 5 nitrogen and oxygen atoms in total. The van der Waals surface area contributed by atoms with Gasteiger partial charge in [0.05, 0.1) is 22.8 Å². The van der Waals surface area contributed by atoms with Crippen molar-refractivity contribution in [1.82, 2.24) is 20.3 Å². The topological polar surface area (TPSA) is 59.9 Å². The van der Waals surface area contributed by atoms with Crippen molar-refractivity contribution >= 4 is 39.5 Å². The normalized spacial score (nSPS) is 13.5. The maximum absolute atomic E-state index is 5.63. The van der Waals surface area contributed by atoms with Crippen molar-refractivity contribution < 1.29 is 4.74 Å². The molecule has 0 saturated carbocycles. The maximum Gasteiger partial charge on any atom is 0.133 e. The molecule has 0 amide bonds. The third kappa shape index (κ3) is 4.99. The molecule has 0 radical (unpaired) electrons. The fourth-order valence-corrected chi connectivity index (χ4v) is 4.76. The number of fused-ring (bicyclic) bond motifs is 1. The highest BCUT2D eigenvalue weighted by Crippen LogP contribution is 2.28. The number of hydrogen-bond acceptors (Lipinski definition) is 6. The molecule has 7 heteroatoms. The van der Waals surface area contributed by atoms with Crippen LogP contribution in [0.3, 0.4) is 0 Å². The van der Waals surface area contributed by atoms with Gasteiger partial charge in [-0.1, -0.05) is 18.2 Å². The van der Waals surface area contributed by atoms with Gasteiger partial charge in [0.1, 0.15) is 11.6 Å². The molecule has 5 rings (SSSR count). The Labute approximate surface area is 198 Å². The monoisotopic (exact) mass is 464 g/mol. The standard InChI is InChI=1S/C25H24N4OS.ClH/c1-30-23-5-3-19(18-6-9-26-10-7-18)14-20(23)15-25-27-11-8-21(29-25)12-17-2-4-22-24(13-17)31-16-28-22;/h2-6,8,11,13-14,16,26H,7,9-10,12,15H2,1H3;1H. The molecule has 2 aromatic carbocycles. The summed E-state index contributed by atoms with van der Waals surface area (Å²) in [5.74, 6) is 1.69. The van der Waals surface area contributed by atoms with E-state index in [1.54, 1.807) is 18.4 Å². The minimum atomic E-state index is 0. The summed E-state index contributed by atoms with van der Waals surface area (Å²) in [5, 5.41) is 3.37. The first kappa shape index (κ1) is 22.4. The molecular formula is C25H25ClN4OS. The first-order valence-corrected chi connectivity index (χ1v) is 11.4. The molecule has 0 aliphatic carbocycles. The van der Waals surface area contributed by atoms with Gasteiger partial charge in [-0.05, 0) is 60.0 Å². The quantitative estimate of drug-likeness (QED) is 0.431. The van der Waals surface area contributed by atoms with Gasteiger partial charge in [0.15, 0.2) is 0 Å². The summed E-state index contributed by atoms with van der Waals surface area (Å²) >= 11 is 1.67. The number of hydrogen-bond donors (Lipinski definition) is 1. The van der Waals surface area contributed by atoms with Gasteiger partial charge in [-0.15, -0.1) is 23.7 Å². The third-order valence-corrected chi connectivity index (χ3v) is 6.40. The van der Waals surface area contributed by atoms with Crippen molar-refractivity contribution in [2.45, 2.75) is 19.3 Å². The summed E-state index contributed by atoms with van der Waals surface area (Å²) in [6, 6.07) is 14.8. The number of benzene rings is 2. The zero-order valence-corrected chi connectivity index (χ0v) is 19.5. The number of thiazole rings is 1. The predicted molar refractivity (Wildman–Crippen MR) is 133 cm³/mol. The summed E-state index contributed by atoms with van der Waals surface area (Å²) in [7, 11) is 1.72. The van der Waals surface area contributed by atoms with Gasteiger partial charge in [0.2, 0.25) is 0 Å². The second-order valence-electron chi connectivity index (χ2n) is 7.68. The van der Waals surface area contributed by atoms with Crippen molar-refractivity contribution in [2.75, 3.05) is 20.2 Å². The van der Waals surface area contributed by atoms with Gasteiger partial charge in [-0.3, -0.25) is 0 Å². The second-order valence-corrected chi connectivity index (χ2v) is 8.57. The Kier molecular flexibility index (Phi) is 7.15. The van der Waals surface area contributed by atoms with Crippen molar-refractivity contribution in [3.05, 3.63) is 88.5 Å². The molecule has 1 N–H and O–H groups in total. The lowest BCUT2D eigenvalue weighted by molar-refractivity contribution is 0.410. The Morgan fingerprint density at radius 2 is 2.00 bits per heavy atom. The van der Waals surface area contributed by atoms with E-state index in [4.69, 9.17) is 9.72 Å². The Morgan fingerprint density at radius 3 is 2.84 bits per heavy atom. The van der Waals surface area contributed by atoms with Crippen LogP contribution in [0.15, 0.2) is 60.2 Å². The molecule has 0 unspecified atom stereocenters. The summed E-state index contributed by atoms with van der Waals surface area (Å²) in [6.07, 6.45) is 6.59. The van der Waals surface area contributed by atoms with Gasteiger partial charge in [0, 0.05) is 36.8 Å². The average molecular weight is 465 g/mol. The zero-order chi connectivity index (χ0) is 21.0. The fourth-order valence-electron chi connectivity index (χ4n) is 4.02. The van der Waals surface area contributed by atoms with Crippen LogP contribution in [-0.2, 0) is 12.8 Å². The van der Waals surface area contributed by atoms with Crippen LogP contribution in [0.1, 0.15) is 34.6 Å². The fraction of sp³-hybridized carbons (Fsp3) is 0.240.